The van der Waals surface area contributed by atoms with Crippen molar-refractivity contribution in [1.82, 2.24) is 14.8 Å². The first-order valence-electron chi connectivity index (χ1n) is 9.35. The van der Waals surface area contributed by atoms with E-state index in [1.807, 2.05) is 69.3 Å². The summed E-state index contributed by atoms with van der Waals surface area (Å²) in [5.41, 5.74) is 5.52. The van der Waals surface area contributed by atoms with Gasteiger partial charge < -0.3 is 10.1 Å². The first kappa shape index (κ1) is 18.7. The average molecular weight is 386 g/mol. The molecule has 4 aromatic rings. The lowest BCUT2D eigenvalue weighted by molar-refractivity contribution is 0.102. The smallest absolute Gasteiger partial charge is 0.256 e. The van der Waals surface area contributed by atoms with Crippen LogP contribution in [0.3, 0.4) is 0 Å². The highest BCUT2D eigenvalue weighted by molar-refractivity contribution is 6.12. The molecule has 6 nitrogen and oxygen atoms in total. The molecule has 1 N–H and O–H groups in total. The van der Waals surface area contributed by atoms with Gasteiger partial charge in [-0.15, -0.1) is 0 Å². The third-order valence-corrected chi connectivity index (χ3v) is 4.81. The maximum atomic E-state index is 13.1. The third kappa shape index (κ3) is 3.57. The van der Waals surface area contributed by atoms with E-state index < -0.39 is 0 Å². The molecular formula is C23H22N4O2. The molecule has 1 amide bonds. The molecule has 2 aromatic heterocycles. The number of rotatable bonds is 4. The molecule has 0 bridgehead atoms. The summed E-state index contributed by atoms with van der Waals surface area (Å²) in [7, 11) is 1.61. The Kier molecular flexibility index (Phi) is 4.76. The predicted molar refractivity (Wildman–Crippen MR) is 114 cm³/mol. The van der Waals surface area contributed by atoms with Crippen LogP contribution < -0.4 is 10.1 Å². The van der Waals surface area contributed by atoms with Gasteiger partial charge in [0.25, 0.3) is 5.91 Å². The number of amides is 1. The minimum Gasteiger partial charge on any atom is -0.497 e. The summed E-state index contributed by atoms with van der Waals surface area (Å²) in [6.45, 7) is 5.82. The molecule has 0 radical (unpaired) electrons. The van der Waals surface area contributed by atoms with Crippen LogP contribution in [-0.4, -0.2) is 27.8 Å². The molecule has 4 rings (SSSR count). The molecule has 0 atom stereocenters. The highest BCUT2D eigenvalue weighted by Crippen LogP contribution is 2.26. The van der Waals surface area contributed by atoms with E-state index in [9.17, 15) is 4.79 Å². The number of carbonyl (C=O) groups is 1. The van der Waals surface area contributed by atoms with Gasteiger partial charge in [0.15, 0.2) is 5.65 Å². The highest BCUT2D eigenvalue weighted by Gasteiger charge is 2.19. The third-order valence-electron chi connectivity index (χ3n) is 4.81. The molecule has 0 aliphatic rings. The SMILES string of the molecule is COc1ccc(NC(=O)c2cc(C)nc3c2c(C)nn3-c2ccc(C)cc2)cc1. The fraction of sp³-hybridized carbons (Fsp3) is 0.174. The van der Waals surface area contributed by atoms with Crippen molar-refractivity contribution in [3.05, 3.63) is 77.1 Å². The molecule has 0 fully saturated rings. The summed E-state index contributed by atoms with van der Waals surface area (Å²) >= 11 is 0. The summed E-state index contributed by atoms with van der Waals surface area (Å²) in [6, 6.07) is 17.1. The molecule has 0 aliphatic heterocycles. The van der Waals surface area contributed by atoms with Gasteiger partial charge in [-0.05, 0) is 63.2 Å². The van der Waals surface area contributed by atoms with Gasteiger partial charge in [0.1, 0.15) is 5.75 Å². The Bertz CT molecular complexity index is 1190. The van der Waals surface area contributed by atoms with Gasteiger partial charge >= 0.3 is 0 Å². The van der Waals surface area contributed by atoms with Crippen molar-refractivity contribution >= 4 is 22.6 Å². The number of hydrogen-bond donors (Lipinski definition) is 1. The van der Waals surface area contributed by atoms with Gasteiger partial charge in [0, 0.05) is 11.4 Å². The number of pyridine rings is 1. The molecule has 6 heteroatoms. The first-order valence-corrected chi connectivity index (χ1v) is 9.35. The monoisotopic (exact) mass is 386 g/mol. The van der Waals surface area contributed by atoms with Crippen molar-refractivity contribution in [3.63, 3.8) is 0 Å². The fourth-order valence-electron chi connectivity index (χ4n) is 3.33. The second-order valence-electron chi connectivity index (χ2n) is 7.03. The van der Waals surface area contributed by atoms with Gasteiger partial charge in [-0.1, -0.05) is 17.7 Å². The summed E-state index contributed by atoms with van der Waals surface area (Å²) in [5, 5.41) is 8.37. The van der Waals surface area contributed by atoms with Crippen LogP contribution in [0.15, 0.2) is 54.6 Å². The van der Waals surface area contributed by atoms with E-state index in [1.165, 1.54) is 5.56 Å². The Hall–Kier alpha value is -3.67. The number of carbonyl (C=O) groups excluding carboxylic acids is 1. The van der Waals surface area contributed by atoms with Crippen LogP contribution in [0, 0.1) is 20.8 Å². The molecular weight excluding hydrogens is 364 g/mol. The number of nitrogens with one attached hydrogen (secondary N) is 1. The van der Waals surface area contributed by atoms with Crippen LogP contribution in [0.25, 0.3) is 16.7 Å². The minimum absolute atomic E-state index is 0.197. The number of ether oxygens (including phenoxy) is 1. The zero-order valence-corrected chi connectivity index (χ0v) is 16.9. The van der Waals surface area contributed by atoms with Gasteiger partial charge in [0.05, 0.1) is 29.4 Å². The van der Waals surface area contributed by atoms with Crippen LogP contribution >= 0.6 is 0 Å². The van der Waals surface area contributed by atoms with E-state index in [4.69, 9.17) is 4.74 Å². The number of nitrogens with zero attached hydrogens (tertiary/aromatic N) is 3. The molecule has 0 saturated heterocycles. The van der Waals surface area contributed by atoms with Crippen molar-refractivity contribution in [2.75, 3.05) is 12.4 Å². The number of hydrogen-bond acceptors (Lipinski definition) is 4. The quantitative estimate of drug-likeness (QED) is 0.556. The van der Waals surface area contributed by atoms with E-state index in [1.54, 1.807) is 17.9 Å². The molecule has 29 heavy (non-hydrogen) atoms. The number of methoxy groups -OCH3 is 1. The summed E-state index contributed by atoms with van der Waals surface area (Å²) in [5.74, 6) is 0.539. The molecule has 2 aromatic carbocycles. The van der Waals surface area contributed by atoms with E-state index in [0.29, 0.717) is 16.9 Å². The molecule has 146 valence electrons. The van der Waals surface area contributed by atoms with Crippen LogP contribution in [0.5, 0.6) is 5.75 Å². The van der Waals surface area contributed by atoms with E-state index in [0.717, 1.165) is 28.2 Å². The Morgan fingerprint density at radius 3 is 2.34 bits per heavy atom. The molecule has 2 heterocycles. The number of aryl methyl sites for hydroxylation is 3. The topological polar surface area (TPSA) is 69.0 Å². The zero-order valence-electron chi connectivity index (χ0n) is 16.9. The lowest BCUT2D eigenvalue weighted by Crippen LogP contribution is -2.13. The normalized spacial score (nSPS) is 10.9. The second kappa shape index (κ2) is 7.39. The fourth-order valence-corrected chi connectivity index (χ4v) is 3.33. The Balaban J connectivity index is 1.78. The Labute approximate surface area is 169 Å². The zero-order chi connectivity index (χ0) is 20.5. The number of anilines is 1. The van der Waals surface area contributed by atoms with Gasteiger partial charge in [0.2, 0.25) is 0 Å². The van der Waals surface area contributed by atoms with Gasteiger partial charge in [-0.3, -0.25) is 4.79 Å². The molecule has 0 unspecified atom stereocenters. The van der Waals surface area contributed by atoms with Crippen LogP contribution in [0.2, 0.25) is 0 Å². The first-order chi connectivity index (χ1) is 14.0. The van der Waals surface area contributed by atoms with Crippen molar-refractivity contribution in [1.29, 1.82) is 0 Å². The molecule has 0 saturated carbocycles. The van der Waals surface area contributed by atoms with Crippen molar-refractivity contribution in [2.24, 2.45) is 0 Å². The Morgan fingerprint density at radius 1 is 1.00 bits per heavy atom. The van der Waals surface area contributed by atoms with E-state index >= 15 is 0 Å². The van der Waals surface area contributed by atoms with Crippen molar-refractivity contribution in [2.45, 2.75) is 20.8 Å². The summed E-state index contributed by atoms with van der Waals surface area (Å²) in [4.78, 5) is 17.7. The standard InChI is InChI=1S/C23H22N4O2/c1-14-5-9-18(10-6-14)27-22-21(16(3)26-27)20(13-15(2)24-22)23(28)25-17-7-11-19(29-4)12-8-17/h5-13H,1-4H3,(H,25,28). The van der Waals surface area contributed by atoms with Crippen molar-refractivity contribution < 1.29 is 9.53 Å². The van der Waals surface area contributed by atoms with Crippen LogP contribution in [-0.2, 0) is 0 Å². The largest absolute Gasteiger partial charge is 0.497 e. The van der Waals surface area contributed by atoms with Crippen LogP contribution in [0.4, 0.5) is 5.69 Å². The minimum atomic E-state index is -0.197. The van der Waals surface area contributed by atoms with Gasteiger partial charge in [-0.25, -0.2) is 9.67 Å². The lowest BCUT2D eigenvalue weighted by Gasteiger charge is -2.09. The van der Waals surface area contributed by atoms with Gasteiger partial charge in [-0.2, -0.15) is 5.10 Å². The van der Waals surface area contributed by atoms with Crippen molar-refractivity contribution in [3.8, 4) is 11.4 Å². The Morgan fingerprint density at radius 2 is 1.69 bits per heavy atom. The molecule has 0 spiro atoms. The maximum Gasteiger partial charge on any atom is 0.256 e. The number of aromatic nitrogens is 3. The molecule has 0 aliphatic carbocycles. The second-order valence-corrected chi connectivity index (χ2v) is 7.03. The highest BCUT2D eigenvalue weighted by atomic mass is 16.5. The summed E-state index contributed by atoms with van der Waals surface area (Å²) < 4.78 is 6.96. The van der Waals surface area contributed by atoms with Crippen LogP contribution in [0.1, 0.15) is 27.3 Å². The summed E-state index contributed by atoms with van der Waals surface area (Å²) in [6.07, 6.45) is 0. The average Bonchev–Trinajstić information content (AvgIpc) is 3.04. The van der Waals surface area contributed by atoms with E-state index in [-0.39, 0.29) is 5.91 Å². The maximum absolute atomic E-state index is 13.1. The number of fused-ring (bicyclic) bond motifs is 1. The predicted octanol–water partition coefficient (Wildman–Crippen LogP) is 4.61. The number of benzene rings is 2. The van der Waals surface area contributed by atoms with E-state index in [2.05, 4.69) is 15.4 Å². The lowest BCUT2D eigenvalue weighted by atomic mass is 10.1.